The monoisotopic (exact) mass is 348 g/mol. The lowest BCUT2D eigenvalue weighted by Crippen LogP contribution is -2.17. The van der Waals surface area contributed by atoms with Crippen molar-refractivity contribution in [2.75, 3.05) is 13.2 Å². The number of benzene rings is 2. The van der Waals surface area contributed by atoms with Gasteiger partial charge in [0.2, 0.25) is 0 Å². The van der Waals surface area contributed by atoms with Crippen molar-refractivity contribution in [3.05, 3.63) is 47.5 Å². The Bertz CT molecular complexity index is 901. The van der Waals surface area contributed by atoms with Gasteiger partial charge in [-0.3, -0.25) is 4.79 Å². The molecule has 0 aliphatic carbocycles. The highest BCUT2D eigenvalue weighted by atomic mass is 32.2. The molecule has 6 nitrogen and oxygen atoms in total. The molecule has 0 amide bonds. The smallest absolute Gasteiger partial charge is 0.339 e. The molecule has 0 spiro atoms. The summed E-state index contributed by atoms with van der Waals surface area (Å²) in [5, 5.41) is 0. The van der Waals surface area contributed by atoms with Crippen LogP contribution in [0.3, 0.4) is 0 Å². The molecule has 7 heteroatoms. The highest BCUT2D eigenvalue weighted by Crippen LogP contribution is 2.33. The van der Waals surface area contributed by atoms with Gasteiger partial charge in [0.05, 0.1) is 5.56 Å². The topological polar surface area (TPSA) is 78.9 Å². The molecule has 0 aromatic heterocycles. The van der Waals surface area contributed by atoms with E-state index < -0.39 is 10.1 Å². The van der Waals surface area contributed by atoms with Gasteiger partial charge in [0.15, 0.2) is 23.0 Å². The molecule has 0 N–H and O–H groups in total. The molecular weight excluding hydrogens is 332 g/mol. The average molecular weight is 348 g/mol. The summed E-state index contributed by atoms with van der Waals surface area (Å²) in [7, 11) is -4.10. The Hall–Kier alpha value is -2.54. The van der Waals surface area contributed by atoms with Crippen LogP contribution in [-0.4, -0.2) is 27.4 Å². The van der Waals surface area contributed by atoms with Crippen LogP contribution in [0.1, 0.15) is 22.8 Å². The maximum Gasteiger partial charge on any atom is 0.339 e. The number of ketones is 1. The van der Waals surface area contributed by atoms with E-state index in [1.807, 2.05) is 6.92 Å². The molecule has 24 heavy (non-hydrogen) atoms. The summed E-state index contributed by atoms with van der Waals surface area (Å²) in [6, 6.07) is 9.00. The number of rotatable bonds is 4. The van der Waals surface area contributed by atoms with Crippen LogP contribution in [0, 0.1) is 6.92 Å². The van der Waals surface area contributed by atoms with E-state index in [2.05, 4.69) is 0 Å². The van der Waals surface area contributed by atoms with Crippen LogP contribution in [0.4, 0.5) is 0 Å². The van der Waals surface area contributed by atoms with Crippen molar-refractivity contribution in [3.8, 4) is 17.2 Å². The van der Waals surface area contributed by atoms with Crippen LogP contribution >= 0.6 is 0 Å². The van der Waals surface area contributed by atoms with E-state index in [9.17, 15) is 13.2 Å². The van der Waals surface area contributed by atoms with E-state index in [0.29, 0.717) is 24.7 Å². The van der Waals surface area contributed by atoms with Gasteiger partial charge >= 0.3 is 10.1 Å². The largest absolute Gasteiger partial charge is 0.486 e. The van der Waals surface area contributed by atoms with E-state index in [0.717, 1.165) is 5.56 Å². The van der Waals surface area contributed by atoms with Crippen LogP contribution in [0.5, 0.6) is 17.2 Å². The van der Waals surface area contributed by atoms with Crippen molar-refractivity contribution >= 4 is 15.9 Å². The first-order valence-electron chi connectivity index (χ1n) is 7.32. The van der Waals surface area contributed by atoms with E-state index >= 15 is 0 Å². The number of Topliss-reactive ketones (excluding diaryl/α,β-unsaturated/α-hetero) is 1. The van der Waals surface area contributed by atoms with Gasteiger partial charge < -0.3 is 13.7 Å². The van der Waals surface area contributed by atoms with Crippen molar-refractivity contribution in [2.45, 2.75) is 18.7 Å². The average Bonchev–Trinajstić information content (AvgIpc) is 2.55. The molecule has 1 aliphatic heterocycles. The fourth-order valence-corrected chi connectivity index (χ4v) is 3.30. The van der Waals surface area contributed by atoms with Gasteiger partial charge in [0, 0.05) is 6.07 Å². The van der Waals surface area contributed by atoms with Crippen molar-refractivity contribution in [1.29, 1.82) is 0 Å². The minimum atomic E-state index is -4.10. The van der Waals surface area contributed by atoms with Crippen LogP contribution in [0.2, 0.25) is 0 Å². The molecule has 0 fully saturated rings. The van der Waals surface area contributed by atoms with Crippen molar-refractivity contribution in [3.63, 3.8) is 0 Å². The highest BCUT2D eigenvalue weighted by molar-refractivity contribution is 7.87. The molecule has 0 bridgehead atoms. The summed E-state index contributed by atoms with van der Waals surface area (Å²) in [6.45, 7) is 3.94. The lowest BCUT2D eigenvalue weighted by atomic mass is 10.1. The van der Waals surface area contributed by atoms with E-state index in [4.69, 9.17) is 13.7 Å². The molecule has 0 saturated heterocycles. The molecular formula is C17H16O6S. The predicted molar refractivity (Wildman–Crippen MR) is 86.4 cm³/mol. The third-order valence-corrected chi connectivity index (χ3v) is 4.75. The molecule has 0 unspecified atom stereocenters. The first-order chi connectivity index (χ1) is 11.4. The Morgan fingerprint density at radius 3 is 2.46 bits per heavy atom. The Balaban J connectivity index is 1.96. The van der Waals surface area contributed by atoms with Gasteiger partial charge in [-0.05, 0) is 38.1 Å². The minimum absolute atomic E-state index is 0.00277. The molecule has 0 saturated carbocycles. The van der Waals surface area contributed by atoms with Crippen molar-refractivity contribution in [1.82, 2.24) is 0 Å². The molecule has 2 aromatic carbocycles. The van der Waals surface area contributed by atoms with Gasteiger partial charge in [-0.15, -0.1) is 0 Å². The van der Waals surface area contributed by atoms with Crippen molar-refractivity contribution < 1.29 is 26.9 Å². The summed E-state index contributed by atoms with van der Waals surface area (Å²) in [4.78, 5) is 11.7. The maximum absolute atomic E-state index is 12.5. The SMILES string of the molecule is CC(=O)c1cc(C)ccc1OS(=O)(=O)c1ccc2c(c1)OCCO2. The van der Waals surface area contributed by atoms with E-state index in [-0.39, 0.29) is 22.0 Å². The lowest BCUT2D eigenvalue weighted by Gasteiger charge is -2.19. The molecule has 1 aliphatic rings. The summed E-state index contributed by atoms with van der Waals surface area (Å²) >= 11 is 0. The Morgan fingerprint density at radius 1 is 1.04 bits per heavy atom. The van der Waals surface area contributed by atoms with Gasteiger partial charge in [-0.2, -0.15) is 8.42 Å². The number of hydrogen-bond acceptors (Lipinski definition) is 6. The van der Waals surface area contributed by atoms with Gasteiger partial charge in [-0.1, -0.05) is 11.6 Å². The number of ether oxygens (including phenoxy) is 2. The second-order valence-corrected chi connectivity index (χ2v) is 6.95. The molecule has 1 heterocycles. The van der Waals surface area contributed by atoms with Crippen LogP contribution in [-0.2, 0) is 10.1 Å². The van der Waals surface area contributed by atoms with E-state index in [1.165, 1.54) is 31.2 Å². The highest BCUT2D eigenvalue weighted by Gasteiger charge is 2.23. The first kappa shape index (κ1) is 16.3. The molecule has 126 valence electrons. The van der Waals surface area contributed by atoms with Gasteiger partial charge in [0.1, 0.15) is 18.1 Å². The fourth-order valence-electron chi connectivity index (χ4n) is 2.34. The third-order valence-electron chi connectivity index (χ3n) is 3.52. The fraction of sp³-hybridized carbons (Fsp3) is 0.235. The normalized spacial score (nSPS) is 13.4. The lowest BCUT2D eigenvalue weighted by molar-refractivity contribution is 0.101. The summed E-state index contributed by atoms with van der Waals surface area (Å²) in [6.07, 6.45) is 0. The van der Waals surface area contributed by atoms with Crippen LogP contribution < -0.4 is 13.7 Å². The Morgan fingerprint density at radius 2 is 1.75 bits per heavy atom. The zero-order valence-corrected chi connectivity index (χ0v) is 14.1. The first-order valence-corrected chi connectivity index (χ1v) is 8.73. The summed E-state index contributed by atoms with van der Waals surface area (Å²) in [5.41, 5.74) is 1.06. The second kappa shape index (κ2) is 6.16. The minimum Gasteiger partial charge on any atom is -0.486 e. The van der Waals surface area contributed by atoms with Gasteiger partial charge in [-0.25, -0.2) is 0 Å². The van der Waals surface area contributed by atoms with Crippen LogP contribution in [0.15, 0.2) is 41.3 Å². The third kappa shape index (κ3) is 3.21. The number of carbonyl (C=O) groups excluding carboxylic acids is 1. The standard InChI is InChI=1S/C17H16O6S/c1-11-3-5-15(14(9-11)12(2)18)23-24(19,20)13-4-6-16-17(10-13)22-8-7-21-16/h3-6,9-10H,7-8H2,1-2H3. The zero-order valence-electron chi connectivity index (χ0n) is 13.2. The molecule has 0 radical (unpaired) electrons. The number of fused-ring (bicyclic) bond motifs is 1. The quantitative estimate of drug-likeness (QED) is 0.624. The van der Waals surface area contributed by atoms with E-state index in [1.54, 1.807) is 12.1 Å². The molecule has 2 aromatic rings. The Kier molecular flexibility index (Phi) is 4.19. The van der Waals surface area contributed by atoms with Crippen molar-refractivity contribution in [2.24, 2.45) is 0 Å². The molecule has 3 rings (SSSR count). The molecule has 0 atom stereocenters. The number of aryl methyl sites for hydroxylation is 1. The van der Waals surface area contributed by atoms with Gasteiger partial charge in [0.25, 0.3) is 0 Å². The zero-order chi connectivity index (χ0) is 17.3. The van der Waals surface area contributed by atoms with Crippen LogP contribution in [0.25, 0.3) is 0 Å². The number of hydrogen-bond donors (Lipinski definition) is 0. The summed E-state index contributed by atoms with van der Waals surface area (Å²) < 4.78 is 41.0. The summed E-state index contributed by atoms with van der Waals surface area (Å²) in [5.74, 6) is 0.565. The number of carbonyl (C=O) groups is 1. The maximum atomic E-state index is 12.5. The second-order valence-electron chi connectivity index (χ2n) is 5.40. The predicted octanol–water partition coefficient (Wildman–Crippen LogP) is 2.74. The Labute approximate surface area is 140 Å².